The Hall–Kier alpha value is -2.04. The first-order valence-corrected chi connectivity index (χ1v) is 6.37. The monoisotopic (exact) mass is 260 g/mol. The van der Waals surface area contributed by atoms with Crippen LogP contribution >= 0.6 is 0 Å². The first kappa shape index (κ1) is 13.4. The van der Waals surface area contributed by atoms with Crippen LogP contribution in [0.4, 0.5) is 0 Å². The molecule has 5 nitrogen and oxygen atoms in total. The van der Waals surface area contributed by atoms with E-state index >= 15 is 0 Å². The Morgan fingerprint density at radius 2 is 2.16 bits per heavy atom. The van der Waals surface area contributed by atoms with Crippen LogP contribution in [0, 0.1) is 20.8 Å². The fourth-order valence-corrected chi connectivity index (χ4v) is 2.18. The molecule has 0 aliphatic heterocycles. The van der Waals surface area contributed by atoms with Crippen LogP contribution in [0.2, 0.25) is 0 Å². The lowest BCUT2D eigenvalue weighted by molar-refractivity contribution is -0.120. The number of hydrogen-bond acceptors (Lipinski definition) is 2. The van der Waals surface area contributed by atoms with Crippen molar-refractivity contribution >= 4 is 5.91 Å². The van der Waals surface area contributed by atoms with Crippen molar-refractivity contribution in [1.82, 2.24) is 20.1 Å². The molecule has 2 heterocycles. The number of nitrogens with one attached hydrogen (secondary N) is 2. The molecule has 0 radical (unpaired) electrons. The number of hydrogen-bond donors (Lipinski definition) is 2. The summed E-state index contributed by atoms with van der Waals surface area (Å²) < 4.78 is 1.84. The maximum Gasteiger partial charge on any atom is 0.224 e. The van der Waals surface area contributed by atoms with Gasteiger partial charge < -0.3 is 10.3 Å². The summed E-state index contributed by atoms with van der Waals surface area (Å²) >= 11 is 0. The van der Waals surface area contributed by atoms with Crippen molar-refractivity contribution in [3.63, 3.8) is 0 Å². The van der Waals surface area contributed by atoms with E-state index in [1.54, 1.807) is 0 Å². The third kappa shape index (κ3) is 3.05. The zero-order chi connectivity index (χ0) is 14.0. The molecular weight excluding hydrogens is 240 g/mol. The molecule has 0 aliphatic rings. The topological polar surface area (TPSA) is 62.7 Å². The second-order valence-electron chi connectivity index (χ2n) is 4.92. The largest absolute Gasteiger partial charge is 0.365 e. The van der Waals surface area contributed by atoms with E-state index in [0.29, 0.717) is 13.0 Å². The van der Waals surface area contributed by atoms with E-state index in [1.807, 2.05) is 44.8 Å². The number of nitrogens with zero attached hydrogens (tertiary/aromatic N) is 2. The Balaban J connectivity index is 1.93. The van der Waals surface area contributed by atoms with Gasteiger partial charge in [-0.1, -0.05) is 0 Å². The molecule has 1 amide bonds. The van der Waals surface area contributed by atoms with E-state index in [-0.39, 0.29) is 5.91 Å². The van der Waals surface area contributed by atoms with Gasteiger partial charge in [0.1, 0.15) is 0 Å². The number of carbonyl (C=O) groups excluding carboxylic acids is 1. The predicted octanol–water partition coefficient (Wildman–Crippen LogP) is 1.53. The Bertz CT molecular complexity index is 595. The summed E-state index contributed by atoms with van der Waals surface area (Å²) in [5.41, 5.74) is 5.24. The predicted molar refractivity (Wildman–Crippen MR) is 73.8 cm³/mol. The summed E-state index contributed by atoms with van der Waals surface area (Å²) in [7, 11) is 1.91. The standard InChI is InChI=1S/C14H20N4O/c1-9-5-12(7-15-9)6-14(19)16-8-13-10(2)17-18(4)11(13)3/h5,7,15H,6,8H2,1-4H3,(H,16,19). The lowest BCUT2D eigenvalue weighted by Crippen LogP contribution is -2.25. The average Bonchev–Trinajstić information content (AvgIpc) is 2.83. The van der Waals surface area contributed by atoms with Crippen molar-refractivity contribution in [1.29, 1.82) is 0 Å². The van der Waals surface area contributed by atoms with Crippen molar-refractivity contribution in [3.8, 4) is 0 Å². The van der Waals surface area contributed by atoms with Crippen molar-refractivity contribution in [3.05, 3.63) is 40.5 Å². The highest BCUT2D eigenvalue weighted by atomic mass is 16.1. The minimum Gasteiger partial charge on any atom is -0.365 e. The number of H-pyrrole nitrogens is 1. The fraction of sp³-hybridized carbons (Fsp3) is 0.429. The van der Waals surface area contributed by atoms with E-state index in [4.69, 9.17) is 0 Å². The smallest absolute Gasteiger partial charge is 0.224 e. The minimum absolute atomic E-state index is 0.0293. The highest BCUT2D eigenvalue weighted by molar-refractivity contribution is 5.78. The fourth-order valence-electron chi connectivity index (χ4n) is 2.18. The van der Waals surface area contributed by atoms with Gasteiger partial charge in [-0.25, -0.2) is 0 Å². The molecule has 102 valence electrons. The molecule has 0 unspecified atom stereocenters. The zero-order valence-corrected chi connectivity index (χ0v) is 11.9. The van der Waals surface area contributed by atoms with Gasteiger partial charge in [0.15, 0.2) is 0 Å². The maximum atomic E-state index is 11.9. The van der Waals surface area contributed by atoms with Gasteiger partial charge in [0.2, 0.25) is 5.91 Å². The molecule has 0 spiro atoms. The van der Waals surface area contributed by atoms with Crippen molar-refractivity contribution in [2.24, 2.45) is 7.05 Å². The van der Waals surface area contributed by atoms with E-state index in [2.05, 4.69) is 15.4 Å². The Morgan fingerprint density at radius 3 is 2.68 bits per heavy atom. The van der Waals surface area contributed by atoms with E-state index < -0.39 is 0 Å². The lowest BCUT2D eigenvalue weighted by atomic mass is 10.2. The second kappa shape index (κ2) is 5.30. The van der Waals surface area contributed by atoms with Crippen LogP contribution in [0.1, 0.15) is 28.2 Å². The van der Waals surface area contributed by atoms with Crippen LogP contribution in [0.25, 0.3) is 0 Å². The number of aryl methyl sites for hydroxylation is 3. The van der Waals surface area contributed by atoms with Crippen molar-refractivity contribution in [2.75, 3.05) is 0 Å². The van der Waals surface area contributed by atoms with Crippen LogP contribution < -0.4 is 5.32 Å². The van der Waals surface area contributed by atoms with Gasteiger partial charge in [0.25, 0.3) is 0 Å². The molecule has 19 heavy (non-hydrogen) atoms. The summed E-state index contributed by atoms with van der Waals surface area (Å²) in [5.74, 6) is 0.0293. The average molecular weight is 260 g/mol. The van der Waals surface area contributed by atoms with E-state index in [0.717, 1.165) is 28.2 Å². The van der Waals surface area contributed by atoms with Crippen LogP contribution in [0.3, 0.4) is 0 Å². The number of carbonyl (C=O) groups is 1. The molecular formula is C14H20N4O. The zero-order valence-electron chi connectivity index (χ0n) is 11.9. The van der Waals surface area contributed by atoms with Gasteiger partial charge in [0.05, 0.1) is 12.1 Å². The summed E-state index contributed by atoms with van der Waals surface area (Å²) in [5, 5.41) is 7.28. The highest BCUT2D eigenvalue weighted by Gasteiger charge is 2.11. The van der Waals surface area contributed by atoms with Gasteiger partial charge in [0, 0.05) is 36.7 Å². The molecule has 0 atom stereocenters. The van der Waals surface area contributed by atoms with Crippen molar-refractivity contribution in [2.45, 2.75) is 33.7 Å². The van der Waals surface area contributed by atoms with Crippen molar-refractivity contribution < 1.29 is 4.79 Å². The number of rotatable bonds is 4. The molecule has 2 rings (SSSR count). The van der Waals surface area contributed by atoms with E-state index in [1.165, 1.54) is 0 Å². The maximum absolute atomic E-state index is 11.9. The molecule has 2 aromatic heterocycles. The van der Waals surface area contributed by atoms with Crippen LogP contribution in [0.5, 0.6) is 0 Å². The third-order valence-electron chi connectivity index (χ3n) is 3.37. The quantitative estimate of drug-likeness (QED) is 0.875. The first-order chi connectivity index (χ1) is 8.97. The normalized spacial score (nSPS) is 10.7. The molecule has 2 N–H and O–H groups in total. The SMILES string of the molecule is Cc1cc(CC(=O)NCc2c(C)nn(C)c2C)c[nH]1. The summed E-state index contributed by atoms with van der Waals surface area (Å²) in [6.45, 7) is 6.48. The number of amides is 1. The van der Waals surface area contributed by atoms with Crippen LogP contribution in [-0.2, 0) is 24.8 Å². The van der Waals surface area contributed by atoms with E-state index in [9.17, 15) is 4.79 Å². The summed E-state index contributed by atoms with van der Waals surface area (Å²) in [6.07, 6.45) is 2.28. The highest BCUT2D eigenvalue weighted by Crippen LogP contribution is 2.11. The molecule has 0 saturated carbocycles. The Kier molecular flexibility index (Phi) is 3.74. The number of aromatic nitrogens is 3. The Morgan fingerprint density at radius 1 is 1.42 bits per heavy atom. The first-order valence-electron chi connectivity index (χ1n) is 6.37. The summed E-state index contributed by atoms with van der Waals surface area (Å²) in [6, 6.07) is 1.99. The third-order valence-corrected chi connectivity index (χ3v) is 3.37. The van der Waals surface area contributed by atoms with Gasteiger partial charge in [-0.3, -0.25) is 9.48 Å². The minimum atomic E-state index is 0.0293. The Labute approximate surface area is 113 Å². The molecule has 0 saturated heterocycles. The van der Waals surface area contributed by atoms with Crippen LogP contribution in [-0.4, -0.2) is 20.7 Å². The summed E-state index contributed by atoms with van der Waals surface area (Å²) in [4.78, 5) is 14.9. The molecule has 0 aromatic carbocycles. The molecule has 0 fully saturated rings. The lowest BCUT2D eigenvalue weighted by Gasteiger charge is -2.05. The molecule has 2 aromatic rings. The van der Waals surface area contributed by atoms with Gasteiger partial charge >= 0.3 is 0 Å². The van der Waals surface area contributed by atoms with Gasteiger partial charge in [-0.2, -0.15) is 5.10 Å². The second-order valence-corrected chi connectivity index (χ2v) is 4.92. The number of aromatic amines is 1. The molecule has 0 aliphatic carbocycles. The molecule has 0 bridgehead atoms. The van der Waals surface area contributed by atoms with Gasteiger partial charge in [-0.05, 0) is 32.4 Å². The van der Waals surface area contributed by atoms with Gasteiger partial charge in [-0.15, -0.1) is 0 Å². The molecule has 5 heteroatoms. The van der Waals surface area contributed by atoms with Crippen LogP contribution in [0.15, 0.2) is 12.3 Å².